The minimum absolute atomic E-state index is 0.123. The third kappa shape index (κ3) is 2.00. The van der Waals surface area contributed by atoms with Gasteiger partial charge in [0.05, 0.1) is 19.3 Å². The molecule has 2 aliphatic heterocycles. The topological polar surface area (TPSA) is 55.8 Å². The van der Waals surface area contributed by atoms with Crippen molar-refractivity contribution in [1.29, 1.82) is 0 Å². The van der Waals surface area contributed by atoms with Gasteiger partial charge >= 0.3 is 12.1 Å². The van der Waals surface area contributed by atoms with Crippen molar-refractivity contribution in [1.82, 2.24) is 4.90 Å². The molecule has 0 unspecified atom stereocenters. The van der Waals surface area contributed by atoms with E-state index in [-0.39, 0.29) is 6.10 Å². The molecule has 100 valence electrons. The lowest BCUT2D eigenvalue weighted by Crippen LogP contribution is -2.41. The van der Waals surface area contributed by atoms with Gasteiger partial charge in [0.15, 0.2) is 0 Å². The van der Waals surface area contributed by atoms with Gasteiger partial charge in [0.2, 0.25) is 0 Å². The third-order valence-corrected chi connectivity index (χ3v) is 3.78. The van der Waals surface area contributed by atoms with E-state index in [2.05, 4.69) is 4.74 Å². The number of cyclic esters (lactones) is 2. The van der Waals surface area contributed by atoms with Gasteiger partial charge in [0.25, 0.3) is 0 Å². The van der Waals surface area contributed by atoms with Crippen LogP contribution in [0.1, 0.15) is 18.9 Å². The number of fused-ring (bicyclic) bond motifs is 1. The van der Waals surface area contributed by atoms with E-state index < -0.39 is 17.6 Å². The van der Waals surface area contributed by atoms with Crippen LogP contribution in [0.15, 0.2) is 30.3 Å². The number of amides is 1. The van der Waals surface area contributed by atoms with Crippen molar-refractivity contribution >= 4 is 12.1 Å². The molecule has 1 amide bonds. The molecule has 5 heteroatoms. The molecule has 0 aliphatic carbocycles. The summed E-state index contributed by atoms with van der Waals surface area (Å²) >= 11 is 0. The summed E-state index contributed by atoms with van der Waals surface area (Å²) in [6.07, 6.45) is -0.190. The molecule has 2 aliphatic rings. The fourth-order valence-corrected chi connectivity index (χ4v) is 2.64. The van der Waals surface area contributed by atoms with E-state index in [9.17, 15) is 9.59 Å². The van der Waals surface area contributed by atoms with E-state index in [1.807, 2.05) is 30.3 Å². The maximum atomic E-state index is 11.7. The number of nitrogens with zero attached hydrogens (tertiary/aromatic N) is 1. The van der Waals surface area contributed by atoms with Crippen LogP contribution >= 0.6 is 0 Å². The van der Waals surface area contributed by atoms with Gasteiger partial charge in [-0.05, 0) is 12.5 Å². The van der Waals surface area contributed by atoms with E-state index in [0.29, 0.717) is 19.6 Å². The third-order valence-electron chi connectivity index (χ3n) is 3.78. The van der Waals surface area contributed by atoms with Crippen LogP contribution in [0.25, 0.3) is 0 Å². The highest BCUT2D eigenvalue weighted by molar-refractivity contribution is 5.99. The largest absolute Gasteiger partial charge is 0.418 e. The predicted molar refractivity (Wildman–Crippen MR) is 66.2 cm³/mol. The van der Waals surface area contributed by atoms with Crippen LogP contribution in [-0.2, 0) is 20.9 Å². The molecule has 0 radical (unpaired) electrons. The fourth-order valence-electron chi connectivity index (χ4n) is 2.64. The average molecular weight is 261 g/mol. The number of hydrogen-bond donors (Lipinski definition) is 0. The van der Waals surface area contributed by atoms with Gasteiger partial charge in [-0.3, -0.25) is 4.90 Å². The zero-order valence-electron chi connectivity index (χ0n) is 10.7. The molecule has 5 nitrogen and oxygen atoms in total. The molecule has 1 aromatic carbocycles. The number of esters is 1. The van der Waals surface area contributed by atoms with Crippen molar-refractivity contribution in [2.24, 2.45) is 0 Å². The van der Waals surface area contributed by atoms with E-state index in [0.717, 1.165) is 5.56 Å². The normalized spacial score (nSPS) is 29.5. The Morgan fingerprint density at radius 3 is 2.79 bits per heavy atom. The van der Waals surface area contributed by atoms with Crippen LogP contribution < -0.4 is 0 Å². The summed E-state index contributed by atoms with van der Waals surface area (Å²) in [7, 11) is 0. The highest BCUT2D eigenvalue weighted by atomic mass is 16.6. The van der Waals surface area contributed by atoms with Crippen LogP contribution in [0.2, 0.25) is 0 Å². The first-order valence-electron chi connectivity index (χ1n) is 6.29. The van der Waals surface area contributed by atoms with Crippen LogP contribution in [0, 0.1) is 0 Å². The maximum absolute atomic E-state index is 11.7. The number of carbonyl (C=O) groups excluding carboxylic acids is 2. The molecule has 3 rings (SSSR count). The SMILES string of the molecule is C[C@@]12C[C@@H](OCc3ccccc3)CN1C(=O)OC2=O. The van der Waals surface area contributed by atoms with Crippen molar-refractivity contribution in [2.75, 3.05) is 6.54 Å². The molecule has 0 N–H and O–H groups in total. The van der Waals surface area contributed by atoms with E-state index in [4.69, 9.17) is 4.74 Å². The summed E-state index contributed by atoms with van der Waals surface area (Å²) in [5, 5.41) is 0. The van der Waals surface area contributed by atoms with Gasteiger partial charge < -0.3 is 9.47 Å². The van der Waals surface area contributed by atoms with Crippen LogP contribution in [-0.4, -0.2) is 35.2 Å². The molecule has 1 aromatic rings. The van der Waals surface area contributed by atoms with E-state index >= 15 is 0 Å². The molecule has 2 heterocycles. The Labute approximate surface area is 111 Å². The Kier molecular flexibility index (Phi) is 2.78. The first-order valence-corrected chi connectivity index (χ1v) is 6.29. The van der Waals surface area contributed by atoms with Crippen LogP contribution in [0.5, 0.6) is 0 Å². The Bertz CT molecular complexity index is 515. The monoisotopic (exact) mass is 261 g/mol. The molecule has 0 bridgehead atoms. The number of ether oxygens (including phenoxy) is 2. The molecule has 19 heavy (non-hydrogen) atoms. The second-order valence-electron chi connectivity index (χ2n) is 5.16. The van der Waals surface area contributed by atoms with Gasteiger partial charge in [-0.1, -0.05) is 30.3 Å². The first kappa shape index (κ1) is 12.2. The summed E-state index contributed by atoms with van der Waals surface area (Å²) in [6.45, 7) is 2.62. The van der Waals surface area contributed by atoms with Gasteiger partial charge in [0.1, 0.15) is 5.54 Å². The lowest BCUT2D eigenvalue weighted by Gasteiger charge is -2.19. The zero-order chi connectivity index (χ0) is 13.5. The van der Waals surface area contributed by atoms with Gasteiger partial charge in [-0.25, -0.2) is 9.59 Å². The molecular formula is C14H15NO4. The molecule has 2 saturated heterocycles. The van der Waals surface area contributed by atoms with Crippen LogP contribution in [0.4, 0.5) is 4.79 Å². The molecule has 2 fully saturated rings. The van der Waals surface area contributed by atoms with Gasteiger partial charge in [-0.15, -0.1) is 0 Å². The fraction of sp³-hybridized carbons (Fsp3) is 0.429. The lowest BCUT2D eigenvalue weighted by molar-refractivity contribution is -0.139. The molecule has 2 atom stereocenters. The number of hydrogen-bond acceptors (Lipinski definition) is 4. The quantitative estimate of drug-likeness (QED) is 0.614. The molecular weight excluding hydrogens is 246 g/mol. The second-order valence-corrected chi connectivity index (χ2v) is 5.16. The summed E-state index contributed by atoms with van der Waals surface area (Å²) in [6, 6.07) is 9.82. The Morgan fingerprint density at radius 1 is 1.37 bits per heavy atom. The number of carbonyl (C=O) groups is 2. The Hall–Kier alpha value is -1.88. The highest BCUT2D eigenvalue weighted by Crippen LogP contribution is 2.37. The average Bonchev–Trinajstić information content (AvgIpc) is 2.85. The molecule has 0 aromatic heterocycles. The standard InChI is InChI=1S/C14H15NO4/c1-14-7-11(8-15(14)13(17)19-12(14)16)18-9-10-5-3-2-4-6-10/h2-6,11H,7-9H2,1H3/t11-,14+/m1/s1. The van der Waals surface area contributed by atoms with E-state index in [1.54, 1.807) is 6.92 Å². The lowest BCUT2D eigenvalue weighted by atomic mass is 9.99. The summed E-state index contributed by atoms with van der Waals surface area (Å²) in [5.74, 6) is -0.469. The Morgan fingerprint density at radius 2 is 2.11 bits per heavy atom. The summed E-state index contributed by atoms with van der Waals surface area (Å²) in [4.78, 5) is 24.6. The molecule has 0 saturated carbocycles. The minimum Gasteiger partial charge on any atom is -0.374 e. The van der Waals surface area contributed by atoms with Crippen LogP contribution in [0.3, 0.4) is 0 Å². The minimum atomic E-state index is -0.849. The molecule has 0 spiro atoms. The summed E-state index contributed by atoms with van der Waals surface area (Å²) < 4.78 is 10.4. The number of benzene rings is 1. The van der Waals surface area contributed by atoms with Crippen molar-refractivity contribution in [3.8, 4) is 0 Å². The van der Waals surface area contributed by atoms with Crippen molar-refractivity contribution in [3.63, 3.8) is 0 Å². The van der Waals surface area contributed by atoms with E-state index in [1.165, 1.54) is 4.90 Å². The summed E-state index contributed by atoms with van der Waals surface area (Å²) in [5.41, 5.74) is 0.229. The van der Waals surface area contributed by atoms with Crippen molar-refractivity contribution in [2.45, 2.75) is 31.6 Å². The highest BCUT2D eigenvalue weighted by Gasteiger charge is 2.57. The predicted octanol–water partition coefficient (Wildman–Crippen LogP) is 1.71. The van der Waals surface area contributed by atoms with Gasteiger partial charge in [-0.2, -0.15) is 0 Å². The smallest absolute Gasteiger partial charge is 0.374 e. The van der Waals surface area contributed by atoms with Crippen molar-refractivity contribution in [3.05, 3.63) is 35.9 Å². The van der Waals surface area contributed by atoms with Gasteiger partial charge in [0, 0.05) is 6.42 Å². The first-order chi connectivity index (χ1) is 9.09. The maximum Gasteiger partial charge on any atom is 0.418 e. The Balaban J connectivity index is 1.64. The number of rotatable bonds is 3. The second kappa shape index (κ2) is 4.35. The van der Waals surface area contributed by atoms with Crippen molar-refractivity contribution < 1.29 is 19.1 Å². The zero-order valence-corrected chi connectivity index (χ0v) is 10.7.